The molecule has 2 heterocycles. The van der Waals surface area contributed by atoms with Crippen LogP contribution in [0.15, 0.2) is 84.4 Å². The first-order valence-corrected chi connectivity index (χ1v) is 14.7. The van der Waals surface area contributed by atoms with Crippen molar-refractivity contribution in [1.29, 1.82) is 0 Å². The van der Waals surface area contributed by atoms with Crippen LogP contribution in [-0.2, 0) is 24.6 Å². The number of hydrazine groups is 1. The summed E-state index contributed by atoms with van der Waals surface area (Å²) in [6, 6.07) is 22.2. The van der Waals surface area contributed by atoms with Gasteiger partial charge in [0.05, 0.1) is 28.9 Å². The molecule has 43 heavy (non-hydrogen) atoms. The molecule has 4 aliphatic rings. The number of likely N-dealkylation sites (tertiary alicyclic amines) is 1. The Morgan fingerprint density at radius 1 is 0.837 bits per heavy atom. The summed E-state index contributed by atoms with van der Waals surface area (Å²) in [5.41, 5.74) is 6.01. The number of imide groups is 2. The van der Waals surface area contributed by atoms with Crippen LogP contribution in [-0.4, -0.2) is 45.7 Å². The van der Waals surface area contributed by atoms with Gasteiger partial charge >= 0.3 is 0 Å². The Balaban J connectivity index is 1.48. The van der Waals surface area contributed by atoms with E-state index in [0.717, 1.165) is 16.1 Å². The van der Waals surface area contributed by atoms with E-state index in [1.807, 2.05) is 79.7 Å². The van der Waals surface area contributed by atoms with Gasteiger partial charge < -0.3 is 5.11 Å². The van der Waals surface area contributed by atoms with Crippen LogP contribution in [0.5, 0.6) is 5.75 Å². The van der Waals surface area contributed by atoms with E-state index in [1.165, 1.54) is 11.9 Å². The van der Waals surface area contributed by atoms with Crippen LogP contribution in [0.4, 0.5) is 5.69 Å². The highest BCUT2D eigenvalue weighted by atomic mass is 16.3. The average Bonchev–Trinajstić information content (AvgIpc) is 3.37. The van der Waals surface area contributed by atoms with E-state index >= 15 is 0 Å². The van der Waals surface area contributed by atoms with Crippen LogP contribution in [0.3, 0.4) is 0 Å². The largest absolute Gasteiger partial charge is 0.507 e. The number of aromatic hydroxyl groups is 1. The molecule has 3 aromatic carbocycles. The van der Waals surface area contributed by atoms with Gasteiger partial charge in [0.2, 0.25) is 11.8 Å². The molecule has 3 aromatic rings. The number of hydrogen-bond acceptors (Lipinski definition) is 6. The highest BCUT2D eigenvalue weighted by Gasteiger charge is 2.70. The Morgan fingerprint density at radius 2 is 1.56 bits per heavy atom. The summed E-state index contributed by atoms with van der Waals surface area (Å²) in [6.07, 6.45) is 2.59. The third-order valence-corrected chi connectivity index (χ3v) is 10.2. The second kappa shape index (κ2) is 9.66. The van der Waals surface area contributed by atoms with Crippen LogP contribution >= 0.6 is 0 Å². The Labute approximate surface area is 250 Å². The molecule has 6 atom stereocenters. The molecule has 8 nitrogen and oxygen atoms in total. The van der Waals surface area contributed by atoms with E-state index in [2.05, 4.69) is 5.43 Å². The maximum atomic E-state index is 15.0. The highest BCUT2D eigenvalue weighted by molar-refractivity contribution is 6.13. The zero-order valence-corrected chi connectivity index (χ0v) is 24.3. The van der Waals surface area contributed by atoms with Gasteiger partial charge in [0.25, 0.3) is 11.8 Å². The molecule has 7 rings (SSSR count). The van der Waals surface area contributed by atoms with Gasteiger partial charge in [-0.3, -0.25) is 29.5 Å². The van der Waals surface area contributed by atoms with Crippen molar-refractivity contribution in [2.75, 3.05) is 12.5 Å². The molecule has 1 saturated carbocycles. The third kappa shape index (κ3) is 3.68. The molecule has 218 valence electrons. The van der Waals surface area contributed by atoms with Crippen molar-refractivity contribution >= 4 is 29.3 Å². The quantitative estimate of drug-likeness (QED) is 0.347. The van der Waals surface area contributed by atoms with Gasteiger partial charge in [0, 0.05) is 18.5 Å². The highest BCUT2D eigenvalue weighted by Crippen LogP contribution is 2.64. The first kappa shape index (κ1) is 27.1. The van der Waals surface area contributed by atoms with Gasteiger partial charge in [-0.1, -0.05) is 77.9 Å². The predicted octanol–water partition coefficient (Wildman–Crippen LogP) is 4.62. The molecule has 2 N–H and O–H groups in total. The molecule has 0 spiro atoms. The number of aryl methyl sites for hydroxylation is 2. The lowest BCUT2D eigenvalue weighted by Crippen LogP contribution is -2.53. The Kier molecular flexibility index (Phi) is 6.09. The minimum absolute atomic E-state index is 0.0568. The van der Waals surface area contributed by atoms with E-state index in [0.29, 0.717) is 28.8 Å². The number of para-hydroxylation sites is 1. The van der Waals surface area contributed by atoms with Crippen molar-refractivity contribution in [2.24, 2.45) is 23.7 Å². The van der Waals surface area contributed by atoms with Crippen LogP contribution in [0.25, 0.3) is 0 Å². The molecule has 0 bridgehead atoms. The van der Waals surface area contributed by atoms with E-state index < -0.39 is 46.8 Å². The van der Waals surface area contributed by atoms with Gasteiger partial charge in [-0.05, 0) is 55.9 Å². The maximum Gasteiger partial charge on any atom is 0.260 e. The summed E-state index contributed by atoms with van der Waals surface area (Å²) in [7, 11) is 1.51. The standard InChI is InChI=1S/C35H33N3O5/c1-19-12-14-22(15-13-19)36-38-32(41)27-18-26-23(16-17-24-28(26)33(42)37(3)31(24)40)29(25-11-7-8-20(2)30(25)39)35(27,34(38)43)21-9-5-4-6-10-21/h4-16,24,26-29,36,39H,17-18H2,1-3H3. The topological polar surface area (TPSA) is 107 Å². The van der Waals surface area contributed by atoms with Gasteiger partial charge in [-0.25, -0.2) is 0 Å². The zero-order chi connectivity index (χ0) is 30.2. The van der Waals surface area contributed by atoms with Crippen molar-refractivity contribution in [1.82, 2.24) is 9.91 Å². The fourth-order valence-electron chi connectivity index (χ4n) is 8.16. The van der Waals surface area contributed by atoms with Crippen molar-refractivity contribution in [2.45, 2.75) is 38.0 Å². The van der Waals surface area contributed by atoms with Crippen LogP contribution < -0.4 is 5.43 Å². The summed E-state index contributed by atoms with van der Waals surface area (Å²) >= 11 is 0. The maximum absolute atomic E-state index is 15.0. The van der Waals surface area contributed by atoms with Crippen LogP contribution in [0.2, 0.25) is 0 Å². The predicted molar refractivity (Wildman–Crippen MR) is 159 cm³/mol. The molecule has 3 fully saturated rings. The van der Waals surface area contributed by atoms with Crippen molar-refractivity contribution < 1.29 is 24.3 Å². The van der Waals surface area contributed by atoms with E-state index in [1.54, 1.807) is 13.0 Å². The van der Waals surface area contributed by atoms with E-state index in [9.17, 15) is 24.3 Å². The smallest absolute Gasteiger partial charge is 0.260 e. The normalized spacial score (nSPS) is 29.7. The number of carbonyl (C=O) groups is 4. The number of carbonyl (C=O) groups excluding carboxylic acids is 4. The van der Waals surface area contributed by atoms with Crippen molar-refractivity contribution in [3.05, 3.63) is 107 Å². The molecule has 2 saturated heterocycles. The number of phenolic OH excluding ortho intramolecular Hbond substituents is 1. The number of fused-ring (bicyclic) bond motifs is 4. The number of phenols is 1. The van der Waals surface area contributed by atoms with Gasteiger partial charge in [0.1, 0.15) is 5.75 Å². The second-order valence-corrected chi connectivity index (χ2v) is 12.3. The summed E-state index contributed by atoms with van der Waals surface area (Å²) in [5, 5.41) is 12.7. The Bertz CT molecular complexity index is 1710. The second-order valence-electron chi connectivity index (χ2n) is 12.3. The number of benzene rings is 3. The lowest BCUT2D eigenvalue weighted by molar-refractivity contribution is -0.140. The van der Waals surface area contributed by atoms with Gasteiger partial charge in [0.15, 0.2) is 0 Å². The zero-order valence-electron chi connectivity index (χ0n) is 24.3. The molecule has 0 aromatic heterocycles. The number of amides is 4. The molecule has 4 amide bonds. The first-order chi connectivity index (χ1) is 20.7. The molecular weight excluding hydrogens is 542 g/mol. The van der Waals surface area contributed by atoms with Crippen LogP contribution in [0, 0.1) is 37.5 Å². The summed E-state index contributed by atoms with van der Waals surface area (Å²) in [4.78, 5) is 57.3. The average molecular weight is 576 g/mol. The monoisotopic (exact) mass is 575 g/mol. The molecule has 2 aliphatic heterocycles. The van der Waals surface area contributed by atoms with Crippen molar-refractivity contribution in [3.8, 4) is 5.75 Å². The van der Waals surface area contributed by atoms with Gasteiger partial charge in [-0.15, -0.1) is 0 Å². The Hall–Kier alpha value is -4.72. The molecule has 8 heteroatoms. The van der Waals surface area contributed by atoms with Gasteiger partial charge in [-0.2, -0.15) is 5.01 Å². The van der Waals surface area contributed by atoms with E-state index in [4.69, 9.17) is 0 Å². The number of rotatable bonds is 4. The number of hydrogen-bond donors (Lipinski definition) is 2. The Morgan fingerprint density at radius 3 is 2.28 bits per heavy atom. The summed E-state index contributed by atoms with van der Waals surface area (Å²) in [5.74, 6) is -4.36. The number of allylic oxidation sites excluding steroid dienone is 2. The molecular formula is C35H33N3O5. The molecule has 0 radical (unpaired) electrons. The number of anilines is 1. The lowest BCUT2D eigenvalue weighted by atomic mass is 9.49. The fourth-order valence-corrected chi connectivity index (χ4v) is 8.16. The fraction of sp³-hybridized carbons (Fsp3) is 0.314. The number of nitrogens with one attached hydrogen (secondary N) is 1. The number of nitrogens with zero attached hydrogens (tertiary/aromatic N) is 2. The first-order valence-electron chi connectivity index (χ1n) is 14.7. The lowest BCUT2D eigenvalue weighted by Gasteiger charge is -2.50. The minimum atomic E-state index is -1.39. The molecule has 2 aliphatic carbocycles. The minimum Gasteiger partial charge on any atom is -0.507 e. The van der Waals surface area contributed by atoms with Crippen molar-refractivity contribution in [3.63, 3.8) is 0 Å². The summed E-state index contributed by atoms with van der Waals surface area (Å²) < 4.78 is 0. The van der Waals surface area contributed by atoms with Crippen LogP contribution in [0.1, 0.15) is 41.0 Å². The third-order valence-electron chi connectivity index (χ3n) is 10.2. The summed E-state index contributed by atoms with van der Waals surface area (Å²) in [6.45, 7) is 3.77. The van der Waals surface area contributed by atoms with E-state index in [-0.39, 0.29) is 24.0 Å². The SMILES string of the molecule is Cc1ccc(NN2C(=O)C3CC4C(=CCC5C(=O)N(C)C(=O)C54)C(c4cccc(C)c4O)C3(c3ccccc3)C2=O)cc1. The molecule has 6 unspecified atom stereocenters.